The molecule has 15 heavy (non-hydrogen) atoms. The van der Waals surface area contributed by atoms with E-state index in [4.69, 9.17) is 0 Å². The summed E-state index contributed by atoms with van der Waals surface area (Å²) in [5.74, 6) is 2.41. The van der Waals surface area contributed by atoms with Gasteiger partial charge < -0.3 is 5.32 Å². The molecule has 0 aromatic carbocycles. The lowest BCUT2D eigenvalue weighted by atomic mass is 10.0. The van der Waals surface area contributed by atoms with Gasteiger partial charge in [-0.2, -0.15) is 16.9 Å². The van der Waals surface area contributed by atoms with Crippen molar-refractivity contribution in [1.29, 1.82) is 0 Å². The van der Waals surface area contributed by atoms with Gasteiger partial charge in [0.05, 0.1) is 5.69 Å². The Morgan fingerprint density at radius 1 is 1.47 bits per heavy atom. The molecule has 1 fully saturated rings. The first kappa shape index (κ1) is 9.73. The van der Waals surface area contributed by atoms with E-state index in [1.165, 1.54) is 48.5 Å². The SMILES string of the molecule is C1CNC(Cc2n[nH]c3c2CSCC3)C1. The zero-order valence-corrected chi connectivity index (χ0v) is 9.70. The number of aromatic nitrogens is 2. The van der Waals surface area contributed by atoms with E-state index in [1.807, 2.05) is 11.8 Å². The van der Waals surface area contributed by atoms with Crippen LogP contribution in [0.3, 0.4) is 0 Å². The van der Waals surface area contributed by atoms with Crippen LogP contribution < -0.4 is 5.32 Å². The number of hydrogen-bond acceptors (Lipinski definition) is 3. The van der Waals surface area contributed by atoms with Crippen molar-refractivity contribution >= 4 is 11.8 Å². The van der Waals surface area contributed by atoms with Gasteiger partial charge in [-0.3, -0.25) is 5.10 Å². The predicted octanol–water partition coefficient (Wildman–Crippen LogP) is 1.49. The molecule has 3 rings (SSSR count). The van der Waals surface area contributed by atoms with E-state index >= 15 is 0 Å². The molecule has 0 amide bonds. The maximum absolute atomic E-state index is 4.48. The number of nitrogens with zero attached hydrogens (tertiary/aromatic N) is 1. The Hall–Kier alpha value is -0.480. The summed E-state index contributed by atoms with van der Waals surface area (Å²) in [6, 6.07) is 0.671. The highest BCUT2D eigenvalue weighted by atomic mass is 32.2. The van der Waals surface area contributed by atoms with Crippen molar-refractivity contribution in [2.75, 3.05) is 12.3 Å². The van der Waals surface area contributed by atoms with Crippen LogP contribution in [0.4, 0.5) is 0 Å². The standard InChI is InChI=1S/C11H17N3S/c1-2-8(12-4-1)6-11-9-7-15-5-3-10(9)13-14-11/h8,12H,1-7H2,(H,13,14). The number of aryl methyl sites for hydroxylation is 1. The lowest BCUT2D eigenvalue weighted by Gasteiger charge is -2.13. The second-order valence-corrected chi connectivity index (χ2v) is 5.53. The Morgan fingerprint density at radius 3 is 3.33 bits per heavy atom. The van der Waals surface area contributed by atoms with E-state index in [0.29, 0.717) is 6.04 Å². The van der Waals surface area contributed by atoms with E-state index in [1.54, 1.807) is 0 Å². The molecule has 82 valence electrons. The van der Waals surface area contributed by atoms with Crippen molar-refractivity contribution in [3.05, 3.63) is 17.0 Å². The van der Waals surface area contributed by atoms with Crippen LogP contribution in [0.2, 0.25) is 0 Å². The van der Waals surface area contributed by atoms with Gasteiger partial charge in [-0.1, -0.05) is 0 Å². The van der Waals surface area contributed by atoms with Gasteiger partial charge in [0, 0.05) is 29.5 Å². The lowest BCUT2D eigenvalue weighted by Crippen LogP contribution is -2.24. The van der Waals surface area contributed by atoms with Gasteiger partial charge in [0.2, 0.25) is 0 Å². The molecule has 3 heterocycles. The lowest BCUT2D eigenvalue weighted by molar-refractivity contribution is 0.592. The van der Waals surface area contributed by atoms with Gasteiger partial charge in [0.25, 0.3) is 0 Å². The van der Waals surface area contributed by atoms with Crippen molar-refractivity contribution < 1.29 is 0 Å². The molecule has 2 aliphatic heterocycles. The first-order chi connectivity index (χ1) is 7.43. The second-order valence-electron chi connectivity index (χ2n) is 4.43. The Bertz CT molecular complexity index is 342. The van der Waals surface area contributed by atoms with Crippen LogP contribution in [0.15, 0.2) is 0 Å². The Kier molecular flexibility index (Phi) is 2.71. The van der Waals surface area contributed by atoms with E-state index in [2.05, 4.69) is 15.5 Å². The highest BCUT2D eigenvalue weighted by Crippen LogP contribution is 2.26. The van der Waals surface area contributed by atoms with Gasteiger partial charge in [-0.25, -0.2) is 0 Å². The van der Waals surface area contributed by atoms with Crippen molar-refractivity contribution in [3.63, 3.8) is 0 Å². The third kappa shape index (κ3) is 1.93. The summed E-state index contributed by atoms with van der Waals surface area (Å²) in [5.41, 5.74) is 4.21. The Labute approximate surface area is 94.4 Å². The number of aromatic amines is 1. The van der Waals surface area contributed by atoms with Gasteiger partial charge in [-0.15, -0.1) is 0 Å². The van der Waals surface area contributed by atoms with Gasteiger partial charge in [0.15, 0.2) is 0 Å². The Balaban J connectivity index is 1.76. The molecule has 0 bridgehead atoms. The maximum Gasteiger partial charge on any atom is 0.0680 e. The van der Waals surface area contributed by atoms with Crippen LogP contribution in [0.25, 0.3) is 0 Å². The molecule has 1 saturated heterocycles. The minimum Gasteiger partial charge on any atom is -0.314 e. The molecular weight excluding hydrogens is 206 g/mol. The third-order valence-electron chi connectivity index (χ3n) is 3.38. The van der Waals surface area contributed by atoms with Crippen LogP contribution in [-0.4, -0.2) is 28.5 Å². The van der Waals surface area contributed by atoms with E-state index in [9.17, 15) is 0 Å². The fourth-order valence-corrected chi connectivity index (χ4v) is 3.54. The molecule has 3 nitrogen and oxygen atoms in total. The molecule has 4 heteroatoms. The first-order valence-corrected chi connectivity index (χ1v) is 6.95. The minimum absolute atomic E-state index is 0.671. The van der Waals surface area contributed by atoms with Crippen molar-refractivity contribution in [2.45, 2.75) is 37.5 Å². The van der Waals surface area contributed by atoms with Crippen LogP contribution in [-0.2, 0) is 18.6 Å². The molecule has 1 unspecified atom stereocenters. The number of hydrogen-bond donors (Lipinski definition) is 2. The number of thioether (sulfide) groups is 1. The summed E-state index contributed by atoms with van der Waals surface area (Å²) in [7, 11) is 0. The highest BCUT2D eigenvalue weighted by molar-refractivity contribution is 7.98. The summed E-state index contributed by atoms with van der Waals surface area (Å²) in [4.78, 5) is 0. The molecule has 1 atom stereocenters. The molecule has 0 radical (unpaired) electrons. The number of H-pyrrole nitrogens is 1. The fraction of sp³-hybridized carbons (Fsp3) is 0.727. The van der Waals surface area contributed by atoms with Crippen LogP contribution in [0, 0.1) is 0 Å². The summed E-state index contributed by atoms with van der Waals surface area (Å²) in [6.07, 6.45) is 4.93. The van der Waals surface area contributed by atoms with Gasteiger partial charge >= 0.3 is 0 Å². The monoisotopic (exact) mass is 223 g/mol. The molecule has 0 spiro atoms. The van der Waals surface area contributed by atoms with Crippen LogP contribution in [0.5, 0.6) is 0 Å². The van der Waals surface area contributed by atoms with Crippen LogP contribution >= 0.6 is 11.8 Å². The molecule has 0 aliphatic carbocycles. The zero-order valence-electron chi connectivity index (χ0n) is 8.88. The normalized spacial score (nSPS) is 25.5. The number of fused-ring (bicyclic) bond motifs is 1. The van der Waals surface area contributed by atoms with Gasteiger partial charge in [-0.05, 0) is 31.6 Å². The average Bonchev–Trinajstić information content (AvgIpc) is 2.89. The average molecular weight is 223 g/mol. The van der Waals surface area contributed by atoms with Crippen molar-refractivity contribution in [2.24, 2.45) is 0 Å². The summed E-state index contributed by atoms with van der Waals surface area (Å²) in [5, 5.41) is 11.2. The third-order valence-corrected chi connectivity index (χ3v) is 4.37. The molecule has 2 aliphatic rings. The quantitative estimate of drug-likeness (QED) is 0.798. The van der Waals surface area contributed by atoms with Crippen molar-refractivity contribution in [3.8, 4) is 0 Å². The molecule has 2 N–H and O–H groups in total. The maximum atomic E-state index is 4.48. The van der Waals surface area contributed by atoms with Crippen molar-refractivity contribution in [1.82, 2.24) is 15.5 Å². The topological polar surface area (TPSA) is 40.7 Å². The zero-order chi connectivity index (χ0) is 10.1. The summed E-state index contributed by atoms with van der Waals surface area (Å²) < 4.78 is 0. The highest BCUT2D eigenvalue weighted by Gasteiger charge is 2.21. The predicted molar refractivity (Wildman–Crippen MR) is 63.2 cm³/mol. The molecular formula is C11H17N3S. The number of rotatable bonds is 2. The minimum atomic E-state index is 0.671. The summed E-state index contributed by atoms with van der Waals surface area (Å²) in [6.45, 7) is 1.19. The van der Waals surface area contributed by atoms with E-state index in [-0.39, 0.29) is 0 Å². The molecule has 0 saturated carbocycles. The summed E-state index contributed by atoms with van der Waals surface area (Å²) >= 11 is 2.03. The largest absolute Gasteiger partial charge is 0.314 e. The Morgan fingerprint density at radius 2 is 2.47 bits per heavy atom. The molecule has 1 aromatic rings. The smallest absolute Gasteiger partial charge is 0.0680 e. The molecule has 1 aromatic heterocycles. The fourth-order valence-electron chi connectivity index (χ4n) is 2.50. The number of nitrogens with one attached hydrogen (secondary N) is 2. The van der Waals surface area contributed by atoms with E-state index < -0.39 is 0 Å². The van der Waals surface area contributed by atoms with E-state index in [0.717, 1.165) is 12.2 Å². The van der Waals surface area contributed by atoms with Gasteiger partial charge in [0.1, 0.15) is 0 Å². The van der Waals surface area contributed by atoms with Crippen LogP contribution in [0.1, 0.15) is 29.8 Å². The first-order valence-electron chi connectivity index (χ1n) is 5.79. The second kappa shape index (κ2) is 4.18.